The maximum Gasteiger partial charge on any atom is 0.172 e. The zero-order valence-electron chi connectivity index (χ0n) is 11.7. The normalized spacial score (nSPS) is 27.6. The Labute approximate surface area is 110 Å². The molecular formula is C14H26N3O. The Hall–Kier alpha value is -0.450. The third-order valence-corrected chi connectivity index (χ3v) is 4.06. The number of hydrogen-bond acceptors (Lipinski definition) is 3. The van der Waals surface area contributed by atoms with E-state index in [9.17, 15) is 4.79 Å². The van der Waals surface area contributed by atoms with E-state index in [1.54, 1.807) is 0 Å². The summed E-state index contributed by atoms with van der Waals surface area (Å²) in [5, 5.41) is 11.3. The zero-order chi connectivity index (χ0) is 13.0. The molecule has 0 aromatic carbocycles. The summed E-state index contributed by atoms with van der Waals surface area (Å²) in [5.74, 6) is 0.907. The van der Waals surface area contributed by atoms with Crippen LogP contribution in [0.25, 0.3) is 0 Å². The van der Waals surface area contributed by atoms with E-state index in [1.807, 2.05) is 0 Å². The minimum atomic E-state index is -0.280. The van der Waals surface area contributed by atoms with Crippen LogP contribution in [0.5, 0.6) is 0 Å². The molecule has 0 aromatic rings. The van der Waals surface area contributed by atoms with Gasteiger partial charge in [-0.2, -0.15) is 0 Å². The summed E-state index contributed by atoms with van der Waals surface area (Å²) in [6.45, 7) is 7.71. The molecular weight excluding hydrogens is 226 g/mol. The Morgan fingerprint density at radius 1 is 1.44 bits per heavy atom. The van der Waals surface area contributed by atoms with Crippen LogP contribution in [0.1, 0.15) is 39.5 Å². The highest BCUT2D eigenvalue weighted by Gasteiger charge is 2.44. The summed E-state index contributed by atoms with van der Waals surface area (Å²) >= 11 is 0. The van der Waals surface area contributed by atoms with Gasteiger partial charge in [-0.05, 0) is 25.3 Å². The molecule has 1 radical (unpaired) electrons. The average Bonchev–Trinajstić information content (AvgIpc) is 2.86. The fraction of sp³-hybridized carbons (Fsp3) is 0.929. The number of Topliss-reactive ketones (excluding diaryl/α,β-unsaturated/α-hetero) is 1. The molecule has 1 saturated heterocycles. The molecule has 0 bridgehead atoms. The second-order valence-corrected chi connectivity index (χ2v) is 6.05. The number of carbonyl (C=O) groups is 1. The predicted molar refractivity (Wildman–Crippen MR) is 72.7 cm³/mol. The molecule has 1 atom stereocenters. The number of nitrogens with zero attached hydrogens (tertiary/aromatic N) is 1. The summed E-state index contributed by atoms with van der Waals surface area (Å²) in [6, 6.07) is -0.128. The smallest absolute Gasteiger partial charge is 0.172 e. The van der Waals surface area contributed by atoms with Crippen LogP contribution in [0.15, 0.2) is 0 Å². The minimum absolute atomic E-state index is 0.128. The Balaban J connectivity index is 2.01. The number of rotatable bonds is 5. The molecule has 2 fully saturated rings. The third kappa shape index (κ3) is 3.11. The second-order valence-electron chi connectivity index (χ2n) is 6.05. The summed E-state index contributed by atoms with van der Waals surface area (Å²) in [4.78, 5) is 12.7. The molecule has 103 valence electrons. The van der Waals surface area contributed by atoms with E-state index in [4.69, 9.17) is 0 Å². The van der Waals surface area contributed by atoms with Gasteiger partial charge >= 0.3 is 0 Å². The van der Waals surface area contributed by atoms with Crippen molar-refractivity contribution in [2.45, 2.75) is 51.1 Å². The lowest BCUT2D eigenvalue weighted by Gasteiger charge is -2.34. The Morgan fingerprint density at radius 3 is 2.72 bits per heavy atom. The molecule has 1 aliphatic carbocycles. The summed E-state index contributed by atoms with van der Waals surface area (Å²) in [6.07, 6.45) is 4.31. The lowest BCUT2D eigenvalue weighted by atomic mass is 9.86. The number of nitrogens with one attached hydrogen (secondary N) is 2. The molecule has 0 aromatic heterocycles. The van der Waals surface area contributed by atoms with E-state index in [0.29, 0.717) is 11.7 Å². The SMILES string of the molecule is CC(C)CNC1(C(=O)C2CNCC[N]2)CCCC1. The fourth-order valence-corrected chi connectivity index (χ4v) is 2.99. The van der Waals surface area contributed by atoms with Crippen molar-refractivity contribution < 1.29 is 4.79 Å². The van der Waals surface area contributed by atoms with Gasteiger partial charge in [-0.1, -0.05) is 26.7 Å². The molecule has 2 N–H and O–H groups in total. The van der Waals surface area contributed by atoms with Crippen LogP contribution in [0.3, 0.4) is 0 Å². The molecule has 4 nitrogen and oxygen atoms in total. The molecule has 2 rings (SSSR count). The average molecular weight is 252 g/mol. The molecule has 4 heteroatoms. The van der Waals surface area contributed by atoms with Crippen molar-refractivity contribution in [3.8, 4) is 0 Å². The van der Waals surface area contributed by atoms with E-state index in [-0.39, 0.29) is 11.6 Å². The maximum atomic E-state index is 12.7. The molecule has 1 aliphatic heterocycles. The minimum Gasteiger partial charge on any atom is -0.313 e. The second kappa shape index (κ2) is 6.13. The van der Waals surface area contributed by atoms with Crippen molar-refractivity contribution >= 4 is 5.78 Å². The molecule has 1 saturated carbocycles. The highest BCUT2D eigenvalue weighted by molar-refractivity contribution is 5.93. The van der Waals surface area contributed by atoms with Gasteiger partial charge in [0.2, 0.25) is 0 Å². The first-order valence-electron chi connectivity index (χ1n) is 7.31. The van der Waals surface area contributed by atoms with Crippen molar-refractivity contribution in [1.82, 2.24) is 16.0 Å². The molecule has 0 amide bonds. The van der Waals surface area contributed by atoms with Gasteiger partial charge in [-0.25, -0.2) is 5.32 Å². The quantitative estimate of drug-likeness (QED) is 0.757. The Morgan fingerprint density at radius 2 is 2.17 bits per heavy atom. The topological polar surface area (TPSA) is 55.2 Å². The van der Waals surface area contributed by atoms with Crippen LogP contribution < -0.4 is 16.0 Å². The molecule has 18 heavy (non-hydrogen) atoms. The van der Waals surface area contributed by atoms with E-state index in [1.165, 1.54) is 0 Å². The van der Waals surface area contributed by atoms with Crippen molar-refractivity contribution in [2.75, 3.05) is 26.2 Å². The van der Waals surface area contributed by atoms with Crippen LogP contribution in [-0.2, 0) is 4.79 Å². The van der Waals surface area contributed by atoms with Crippen LogP contribution in [0.2, 0.25) is 0 Å². The van der Waals surface area contributed by atoms with E-state index >= 15 is 0 Å². The predicted octanol–water partition coefficient (Wildman–Crippen LogP) is 0.690. The van der Waals surface area contributed by atoms with Crippen molar-refractivity contribution in [3.63, 3.8) is 0 Å². The van der Waals surface area contributed by atoms with Gasteiger partial charge in [0.05, 0.1) is 11.6 Å². The van der Waals surface area contributed by atoms with Gasteiger partial charge in [0.1, 0.15) is 0 Å². The van der Waals surface area contributed by atoms with Gasteiger partial charge in [0, 0.05) is 19.6 Å². The standard InChI is InChI=1S/C14H26N3O/c1-11(2)9-17-14(5-3-4-6-14)13(18)12-10-15-7-8-16-12/h11-12,15,17H,3-10H2,1-2H3. The lowest BCUT2D eigenvalue weighted by Crippen LogP contribution is -2.60. The van der Waals surface area contributed by atoms with Gasteiger partial charge in [0.15, 0.2) is 5.78 Å². The van der Waals surface area contributed by atoms with E-state index in [2.05, 4.69) is 29.8 Å². The number of ketones is 1. The zero-order valence-corrected chi connectivity index (χ0v) is 11.7. The molecule has 2 aliphatic rings. The third-order valence-electron chi connectivity index (χ3n) is 4.06. The van der Waals surface area contributed by atoms with Gasteiger partial charge in [0.25, 0.3) is 0 Å². The van der Waals surface area contributed by atoms with Crippen LogP contribution in [0, 0.1) is 5.92 Å². The largest absolute Gasteiger partial charge is 0.313 e. The molecule has 1 heterocycles. The highest BCUT2D eigenvalue weighted by Crippen LogP contribution is 2.32. The number of piperazine rings is 1. The highest BCUT2D eigenvalue weighted by atomic mass is 16.1. The van der Waals surface area contributed by atoms with Gasteiger partial charge in [-0.15, -0.1) is 0 Å². The van der Waals surface area contributed by atoms with Crippen molar-refractivity contribution in [2.24, 2.45) is 5.92 Å². The Bertz CT molecular complexity index is 279. The van der Waals surface area contributed by atoms with Crippen LogP contribution in [-0.4, -0.2) is 43.5 Å². The first-order valence-corrected chi connectivity index (χ1v) is 7.31. The molecule has 1 unspecified atom stereocenters. The summed E-state index contributed by atoms with van der Waals surface area (Å²) in [5.41, 5.74) is -0.280. The monoisotopic (exact) mass is 252 g/mol. The summed E-state index contributed by atoms with van der Waals surface area (Å²) < 4.78 is 0. The van der Waals surface area contributed by atoms with E-state index in [0.717, 1.165) is 51.9 Å². The summed E-state index contributed by atoms with van der Waals surface area (Å²) in [7, 11) is 0. The van der Waals surface area contributed by atoms with Crippen LogP contribution in [0.4, 0.5) is 0 Å². The van der Waals surface area contributed by atoms with Gasteiger partial charge in [-0.3, -0.25) is 4.79 Å². The fourth-order valence-electron chi connectivity index (χ4n) is 2.99. The molecule has 0 spiro atoms. The number of carbonyl (C=O) groups excluding carboxylic acids is 1. The first-order chi connectivity index (χ1) is 8.64. The van der Waals surface area contributed by atoms with E-state index < -0.39 is 0 Å². The van der Waals surface area contributed by atoms with Crippen molar-refractivity contribution in [3.05, 3.63) is 0 Å². The maximum absolute atomic E-state index is 12.7. The van der Waals surface area contributed by atoms with Gasteiger partial charge < -0.3 is 10.6 Å². The van der Waals surface area contributed by atoms with Crippen LogP contribution >= 0.6 is 0 Å². The Kier molecular flexibility index (Phi) is 4.76. The van der Waals surface area contributed by atoms with Crippen molar-refractivity contribution in [1.29, 1.82) is 0 Å². The first kappa shape index (κ1) is 14.0. The lowest BCUT2D eigenvalue weighted by molar-refractivity contribution is -0.127. The number of hydrogen-bond donors (Lipinski definition) is 2.